The quantitative estimate of drug-likeness (QED) is 0.267. The molecular weight excluding hydrogens is 457 g/mol. The Balaban J connectivity index is 1.53. The highest BCUT2D eigenvalue weighted by molar-refractivity contribution is 7.85. The molecule has 0 aliphatic carbocycles. The lowest BCUT2D eigenvalue weighted by Gasteiger charge is -2.33. The van der Waals surface area contributed by atoms with E-state index in [4.69, 9.17) is 0 Å². The summed E-state index contributed by atoms with van der Waals surface area (Å²) in [6.45, 7) is 3.80. The maximum Gasteiger partial charge on any atom is 0.145 e. The van der Waals surface area contributed by atoms with Crippen LogP contribution >= 0.6 is 7.14 Å². The average molecular weight is 488 g/mol. The summed E-state index contributed by atoms with van der Waals surface area (Å²) in [5, 5.41) is 5.80. The Morgan fingerprint density at radius 3 is 1.67 bits per heavy atom. The molecule has 0 aromatic heterocycles. The van der Waals surface area contributed by atoms with Crippen LogP contribution in [0.1, 0.15) is 29.2 Å². The highest BCUT2D eigenvalue weighted by atomic mass is 31.2. The van der Waals surface area contributed by atoms with Crippen LogP contribution in [0.15, 0.2) is 127 Å². The van der Waals surface area contributed by atoms with Crippen molar-refractivity contribution in [1.29, 1.82) is 0 Å². The molecule has 2 bridgehead atoms. The van der Waals surface area contributed by atoms with Gasteiger partial charge in [0.25, 0.3) is 0 Å². The molecule has 6 rings (SSSR count). The third kappa shape index (κ3) is 3.73. The van der Waals surface area contributed by atoms with Crippen LogP contribution in [-0.2, 0) is 11.1 Å². The molecular formula is C33H30NOP. The van der Waals surface area contributed by atoms with Crippen LogP contribution in [0.5, 0.6) is 0 Å². The van der Waals surface area contributed by atoms with Crippen LogP contribution in [0.4, 0.5) is 0 Å². The van der Waals surface area contributed by atoms with Crippen molar-refractivity contribution >= 4 is 23.3 Å². The number of benzene rings is 4. The Morgan fingerprint density at radius 1 is 0.639 bits per heavy atom. The summed E-state index contributed by atoms with van der Waals surface area (Å²) in [6.07, 6.45) is 0.654. The molecule has 1 N–H and O–H groups in total. The lowest BCUT2D eigenvalue weighted by Crippen LogP contribution is -2.28. The molecule has 2 heterocycles. The minimum absolute atomic E-state index is 0.309. The zero-order valence-electron chi connectivity index (χ0n) is 20.5. The molecule has 0 fully saturated rings. The van der Waals surface area contributed by atoms with Crippen molar-refractivity contribution in [3.8, 4) is 0 Å². The number of hydrogen-bond acceptors (Lipinski definition) is 2. The third-order valence-corrected chi connectivity index (χ3v) is 11.2. The van der Waals surface area contributed by atoms with E-state index in [1.807, 2.05) is 18.2 Å². The van der Waals surface area contributed by atoms with Crippen LogP contribution in [-0.4, -0.2) is 12.7 Å². The minimum Gasteiger partial charge on any atom is -0.314 e. The summed E-state index contributed by atoms with van der Waals surface area (Å²) in [6, 6.07) is 41.9. The molecule has 0 radical (unpaired) electrons. The molecule has 2 atom stereocenters. The monoisotopic (exact) mass is 487 g/mol. The van der Waals surface area contributed by atoms with Crippen molar-refractivity contribution in [3.63, 3.8) is 0 Å². The van der Waals surface area contributed by atoms with Gasteiger partial charge in [0.2, 0.25) is 0 Å². The summed E-state index contributed by atoms with van der Waals surface area (Å²) < 4.78 is 15.4. The average Bonchev–Trinajstić information content (AvgIpc) is 3.31. The van der Waals surface area contributed by atoms with Gasteiger partial charge in [-0.15, -0.1) is 0 Å². The van der Waals surface area contributed by atoms with Crippen molar-refractivity contribution in [3.05, 3.63) is 149 Å². The Morgan fingerprint density at radius 2 is 1.11 bits per heavy atom. The lowest BCUT2D eigenvalue weighted by atomic mass is 9.73. The van der Waals surface area contributed by atoms with Gasteiger partial charge in [0.1, 0.15) is 7.14 Å². The fourth-order valence-electron chi connectivity index (χ4n) is 6.16. The van der Waals surface area contributed by atoms with Gasteiger partial charge in [0.15, 0.2) is 0 Å². The van der Waals surface area contributed by atoms with Crippen molar-refractivity contribution < 1.29 is 4.57 Å². The summed E-state index contributed by atoms with van der Waals surface area (Å²) >= 11 is 0. The fourth-order valence-corrected chi connectivity index (χ4v) is 10.6. The summed E-state index contributed by atoms with van der Waals surface area (Å²) in [5.41, 5.74) is 6.78. The number of rotatable bonds is 7. The van der Waals surface area contributed by atoms with E-state index < -0.39 is 7.14 Å². The Bertz CT molecular complexity index is 1490. The first-order valence-corrected chi connectivity index (χ1v) is 14.5. The molecule has 4 aromatic carbocycles. The van der Waals surface area contributed by atoms with E-state index >= 15 is 4.57 Å². The van der Waals surface area contributed by atoms with Gasteiger partial charge in [0, 0.05) is 35.3 Å². The predicted molar refractivity (Wildman–Crippen MR) is 152 cm³/mol. The number of fused-ring (bicyclic) bond motifs is 2. The van der Waals surface area contributed by atoms with Crippen LogP contribution in [0.2, 0.25) is 0 Å². The largest absolute Gasteiger partial charge is 0.314 e. The van der Waals surface area contributed by atoms with Crippen molar-refractivity contribution in [1.82, 2.24) is 5.32 Å². The highest BCUT2D eigenvalue weighted by Gasteiger charge is 2.59. The summed E-state index contributed by atoms with van der Waals surface area (Å²) in [4.78, 5) is 0. The van der Waals surface area contributed by atoms with Crippen LogP contribution in [0.25, 0.3) is 16.2 Å². The first kappa shape index (κ1) is 23.0. The van der Waals surface area contributed by atoms with Gasteiger partial charge in [-0.2, -0.15) is 0 Å². The third-order valence-electron chi connectivity index (χ3n) is 7.63. The van der Waals surface area contributed by atoms with Crippen LogP contribution in [0, 0.1) is 5.41 Å². The first-order chi connectivity index (χ1) is 17.6. The molecule has 0 amide bonds. The van der Waals surface area contributed by atoms with E-state index in [-0.39, 0.29) is 5.41 Å². The second kappa shape index (κ2) is 9.21. The number of hydrogen-bond donors (Lipinski definition) is 1. The standard InChI is InChI=1S/C33H30NOP/c1-33-24-36(35,32(28-20-12-5-13-21-28)30(33)26-16-8-3-9-17-26)31(27-18-10-4-11-19-27)29(33)23-34-22-25-14-6-2-7-15-25/h2-21,34H,22-24H2,1H3. The zero-order chi connectivity index (χ0) is 24.6. The van der Waals surface area contributed by atoms with Crippen molar-refractivity contribution in [2.24, 2.45) is 5.41 Å². The van der Waals surface area contributed by atoms with Gasteiger partial charge in [-0.25, -0.2) is 0 Å². The molecule has 2 aliphatic rings. The molecule has 178 valence electrons. The lowest BCUT2D eigenvalue weighted by molar-refractivity contribution is 0.564. The molecule has 0 saturated heterocycles. The smallest absolute Gasteiger partial charge is 0.145 e. The fraction of sp³-hybridized carbons (Fsp3) is 0.152. The molecule has 4 aromatic rings. The van der Waals surface area contributed by atoms with Gasteiger partial charge in [-0.05, 0) is 33.4 Å². The number of nitrogens with one attached hydrogen (secondary N) is 1. The zero-order valence-corrected chi connectivity index (χ0v) is 21.4. The Labute approximate surface area is 213 Å². The molecule has 0 spiro atoms. The highest BCUT2D eigenvalue weighted by Crippen LogP contribution is 2.84. The van der Waals surface area contributed by atoms with Gasteiger partial charge in [-0.3, -0.25) is 0 Å². The molecule has 2 aliphatic heterocycles. The first-order valence-electron chi connectivity index (χ1n) is 12.6. The van der Waals surface area contributed by atoms with Crippen molar-refractivity contribution in [2.75, 3.05) is 12.7 Å². The van der Waals surface area contributed by atoms with Gasteiger partial charge in [0.05, 0.1) is 0 Å². The second-order valence-corrected chi connectivity index (χ2v) is 12.7. The van der Waals surface area contributed by atoms with Gasteiger partial charge < -0.3 is 9.88 Å². The molecule has 2 unspecified atom stereocenters. The molecule has 3 heteroatoms. The van der Waals surface area contributed by atoms with Gasteiger partial charge in [-0.1, -0.05) is 128 Å². The SMILES string of the molecule is CC12CP(=O)(C(c3ccccc3)=C1CNCc1ccccc1)C(c1ccccc1)=C2c1ccccc1. The Kier molecular flexibility index (Phi) is 5.88. The molecule has 2 nitrogen and oxygen atoms in total. The summed E-state index contributed by atoms with van der Waals surface area (Å²) in [5.74, 6) is 0. The minimum atomic E-state index is -2.88. The number of allylic oxidation sites excluding steroid dienone is 1. The van der Waals surface area contributed by atoms with Gasteiger partial charge >= 0.3 is 0 Å². The predicted octanol–water partition coefficient (Wildman–Crippen LogP) is 8.15. The maximum atomic E-state index is 15.4. The van der Waals surface area contributed by atoms with E-state index in [1.165, 1.54) is 22.3 Å². The van der Waals surface area contributed by atoms with E-state index in [1.54, 1.807) is 0 Å². The topological polar surface area (TPSA) is 29.1 Å². The van der Waals surface area contributed by atoms with E-state index in [0.29, 0.717) is 12.7 Å². The molecule has 0 saturated carbocycles. The summed E-state index contributed by atoms with van der Waals surface area (Å²) in [7, 11) is -2.88. The van der Waals surface area contributed by atoms with Crippen LogP contribution < -0.4 is 5.32 Å². The molecule has 36 heavy (non-hydrogen) atoms. The van der Waals surface area contributed by atoms with E-state index in [0.717, 1.165) is 28.3 Å². The van der Waals surface area contributed by atoms with E-state index in [9.17, 15) is 0 Å². The van der Waals surface area contributed by atoms with Crippen molar-refractivity contribution in [2.45, 2.75) is 13.5 Å². The maximum absolute atomic E-state index is 15.4. The normalized spacial score (nSPS) is 22.9. The van der Waals surface area contributed by atoms with E-state index in [2.05, 4.69) is 115 Å². The Hall–Kier alpha value is -3.45. The van der Waals surface area contributed by atoms with Crippen LogP contribution in [0.3, 0.4) is 0 Å². The second-order valence-electron chi connectivity index (χ2n) is 9.97.